The maximum Gasteiger partial charge on any atom is 0.276 e. The minimum absolute atomic E-state index is 0.00844. The van der Waals surface area contributed by atoms with Crippen LogP contribution >= 0.6 is 0 Å². The van der Waals surface area contributed by atoms with Crippen LogP contribution in [-0.4, -0.2) is 54.2 Å². The van der Waals surface area contributed by atoms with Crippen molar-refractivity contribution in [2.45, 2.75) is 25.9 Å². The quantitative estimate of drug-likeness (QED) is 0.866. The molecule has 0 radical (unpaired) electrons. The lowest BCUT2D eigenvalue weighted by Crippen LogP contribution is -2.56. The minimum Gasteiger partial charge on any atom is -0.376 e. The first kappa shape index (κ1) is 14.1. The standard InChI is InChI=1S/C14H19N3O4/c1-9-5-12(16-21-9)14(19)17-7-10(8-17)13(18)15-6-11-3-2-4-20-11/h5,10-11H,2-4,6-8H2,1H3,(H,15,18)/t11-/m1/s1. The Labute approximate surface area is 122 Å². The van der Waals surface area contributed by atoms with Gasteiger partial charge >= 0.3 is 0 Å². The summed E-state index contributed by atoms with van der Waals surface area (Å²) in [5, 5.41) is 6.59. The van der Waals surface area contributed by atoms with Crippen LogP contribution in [0.25, 0.3) is 0 Å². The second-order valence-electron chi connectivity index (χ2n) is 5.61. The molecule has 2 fully saturated rings. The number of amides is 2. The molecule has 3 rings (SSSR count). The molecule has 7 nitrogen and oxygen atoms in total. The summed E-state index contributed by atoms with van der Waals surface area (Å²) in [6.45, 7) is 3.94. The third kappa shape index (κ3) is 3.07. The van der Waals surface area contributed by atoms with Crippen LogP contribution in [0.5, 0.6) is 0 Å². The lowest BCUT2D eigenvalue weighted by molar-refractivity contribution is -0.129. The Morgan fingerprint density at radius 3 is 2.90 bits per heavy atom. The highest BCUT2D eigenvalue weighted by Crippen LogP contribution is 2.19. The van der Waals surface area contributed by atoms with Gasteiger partial charge in [0.2, 0.25) is 5.91 Å². The average Bonchev–Trinajstić information content (AvgIpc) is 3.05. The molecule has 2 aliphatic rings. The van der Waals surface area contributed by atoms with Gasteiger partial charge in [-0.1, -0.05) is 5.16 Å². The van der Waals surface area contributed by atoms with Crippen molar-refractivity contribution in [2.24, 2.45) is 5.92 Å². The van der Waals surface area contributed by atoms with Gasteiger partial charge in [-0.05, 0) is 19.8 Å². The van der Waals surface area contributed by atoms with Gasteiger partial charge in [0.25, 0.3) is 5.91 Å². The highest BCUT2D eigenvalue weighted by Gasteiger charge is 2.37. The number of aryl methyl sites for hydroxylation is 1. The molecule has 0 aliphatic carbocycles. The Morgan fingerprint density at radius 1 is 1.48 bits per heavy atom. The summed E-state index contributed by atoms with van der Waals surface area (Å²) in [7, 11) is 0. The fraction of sp³-hybridized carbons (Fsp3) is 0.643. The van der Waals surface area contributed by atoms with Crippen molar-refractivity contribution < 1.29 is 18.8 Å². The normalized spacial score (nSPS) is 22.1. The fourth-order valence-corrected chi connectivity index (χ4v) is 2.60. The Balaban J connectivity index is 1.42. The minimum atomic E-state index is -0.185. The molecule has 2 saturated heterocycles. The topological polar surface area (TPSA) is 84.7 Å². The molecule has 114 valence electrons. The van der Waals surface area contributed by atoms with Crippen molar-refractivity contribution in [1.29, 1.82) is 0 Å². The van der Waals surface area contributed by atoms with E-state index in [1.54, 1.807) is 17.9 Å². The summed E-state index contributed by atoms with van der Waals surface area (Å²) in [5.74, 6) is 0.272. The van der Waals surface area contributed by atoms with E-state index in [1.807, 2.05) is 0 Å². The molecule has 1 aromatic rings. The molecule has 3 heterocycles. The Kier molecular flexibility index (Phi) is 3.92. The number of carbonyl (C=O) groups is 2. The Morgan fingerprint density at radius 2 is 2.29 bits per heavy atom. The van der Waals surface area contributed by atoms with E-state index in [9.17, 15) is 9.59 Å². The summed E-state index contributed by atoms with van der Waals surface area (Å²) < 4.78 is 10.3. The van der Waals surface area contributed by atoms with Crippen molar-refractivity contribution in [3.8, 4) is 0 Å². The molecule has 0 bridgehead atoms. The third-order valence-electron chi connectivity index (χ3n) is 3.91. The number of carbonyl (C=O) groups excluding carboxylic acids is 2. The van der Waals surface area contributed by atoms with E-state index in [4.69, 9.17) is 9.26 Å². The molecular formula is C14H19N3O4. The number of likely N-dealkylation sites (tertiary alicyclic amines) is 1. The molecule has 21 heavy (non-hydrogen) atoms. The van der Waals surface area contributed by atoms with Gasteiger partial charge in [0, 0.05) is 32.3 Å². The van der Waals surface area contributed by atoms with Gasteiger partial charge in [-0.15, -0.1) is 0 Å². The fourth-order valence-electron chi connectivity index (χ4n) is 2.60. The summed E-state index contributed by atoms with van der Waals surface area (Å²) in [6, 6.07) is 1.60. The second-order valence-corrected chi connectivity index (χ2v) is 5.61. The van der Waals surface area contributed by atoms with E-state index in [0.717, 1.165) is 19.4 Å². The highest BCUT2D eigenvalue weighted by molar-refractivity contribution is 5.94. The van der Waals surface area contributed by atoms with Crippen molar-refractivity contribution in [2.75, 3.05) is 26.2 Å². The smallest absolute Gasteiger partial charge is 0.276 e. The third-order valence-corrected chi connectivity index (χ3v) is 3.91. The molecule has 0 aromatic carbocycles. The maximum atomic E-state index is 12.0. The van der Waals surface area contributed by atoms with Crippen LogP contribution in [0.1, 0.15) is 29.1 Å². The molecular weight excluding hydrogens is 274 g/mol. The van der Waals surface area contributed by atoms with Crippen LogP contribution in [0.15, 0.2) is 10.6 Å². The zero-order valence-electron chi connectivity index (χ0n) is 12.0. The van der Waals surface area contributed by atoms with Gasteiger partial charge in [-0.3, -0.25) is 9.59 Å². The first-order valence-electron chi connectivity index (χ1n) is 7.25. The van der Waals surface area contributed by atoms with E-state index >= 15 is 0 Å². The average molecular weight is 293 g/mol. The highest BCUT2D eigenvalue weighted by atomic mass is 16.5. The molecule has 1 N–H and O–H groups in total. The number of rotatable bonds is 4. The van der Waals surface area contributed by atoms with Crippen LogP contribution in [0, 0.1) is 12.8 Å². The van der Waals surface area contributed by atoms with Gasteiger partial charge in [0.15, 0.2) is 5.69 Å². The molecule has 2 amide bonds. The second kappa shape index (κ2) is 5.85. The predicted molar refractivity (Wildman–Crippen MR) is 72.6 cm³/mol. The first-order chi connectivity index (χ1) is 10.1. The SMILES string of the molecule is Cc1cc(C(=O)N2CC(C(=O)NC[C@H]3CCCO3)C2)no1. The van der Waals surface area contributed by atoms with Crippen LogP contribution in [0.2, 0.25) is 0 Å². The molecule has 2 aliphatic heterocycles. The zero-order chi connectivity index (χ0) is 14.8. The lowest BCUT2D eigenvalue weighted by Gasteiger charge is -2.37. The summed E-state index contributed by atoms with van der Waals surface area (Å²) in [6.07, 6.45) is 2.20. The van der Waals surface area contributed by atoms with Crippen LogP contribution < -0.4 is 5.32 Å². The number of ether oxygens (including phenoxy) is 1. The van der Waals surface area contributed by atoms with Crippen LogP contribution in [-0.2, 0) is 9.53 Å². The molecule has 7 heteroatoms. The Bertz CT molecular complexity index is 530. The van der Waals surface area contributed by atoms with Gasteiger partial charge in [0.1, 0.15) is 5.76 Å². The van der Waals surface area contributed by atoms with Crippen molar-refractivity contribution >= 4 is 11.8 Å². The molecule has 0 saturated carbocycles. The van der Waals surface area contributed by atoms with E-state index < -0.39 is 0 Å². The molecule has 1 aromatic heterocycles. The van der Waals surface area contributed by atoms with Gasteiger partial charge in [-0.25, -0.2) is 0 Å². The van der Waals surface area contributed by atoms with E-state index in [0.29, 0.717) is 31.1 Å². The van der Waals surface area contributed by atoms with Crippen LogP contribution in [0.3, 0.4) is 0 Å². The summed E-state index contributed by atoms with van der Waals surface area (Å²) in [5.41, 5.74) is 0.297. The van der Waals surface area contributed by atoms with E-state index in [-0.39, 0.29) is 23.8 Å². The van der Waals surface area contributed by atoms with E-state index in [2.05, 4.69) is 10.5 Å². The predicted octanol–water partition coefficient (Wildman–Crippen LogP) is 0.350. The number of aromatic nitrogens is 1. The van der Waals surface area contributed by atoms with Crippen molar-refractivity contribution in [1.82, 2.24) is 15.4 Å². The number of nitrogens with one attached hydrogen (secondary N) is 1. The van der Waals surface area contributed by atoms with Crippen molar-refractivity contribution in [3.05, 3.63) is 17.5 Å². The lowest BCUT2D eigenvalue weighted by atomic mass is 9.98. The molecule has 1 atom stereocenters. The van der Waals surface area contributed by atoms with Crippen LogP contribution in [0.4, 0.5) is 0 Å². The summed E-state index contributed by atoms with van der Waals surface area (Å²) >= 11 is 0. The molecule has 0 unspecified atom stereocenters. The van der Waals surface area contributed by atoms with Gasteiger partial charge < -0.3 is 19.5 Å². The van der Waals surface area contributed by atoms with Gasteiger partial charge in [-0.2, -0.15) is 0 Å². The monoisotopic (exact) mass is 293 g/mol. The van der Waals surface area contributed by atoms with Crippen molar-refractivity contribution in [3.63, 3.8) is 0 Å². The summed E-state index contributed by atoms with van der Waals surface area (Å²) in [4.78, 5) is 25.6. The number of hydrogen-bond acceptors (Lipinski definition) is 5. The number of hydrogen-bond donors (Lipinski definition) is 1. The Hall–Kier alpha value is -1.89. The molecule has 0 spiro atoms. The van der Waals surface area contributed by atoms with E-state index in [1.165, 1.54) is 0 Å². The maximum absolute atomic E-state index is 12.0. The van der Waals surface area contributed by atoms with Gasteiger partial charge in [0.05, 0.1) is 12.0 Å². The largest absolute Gasteiger partial charge is 0.376 e. The first-order valence-corrected chi connectivity index (χ1v) is 7.25. The number of nitrogens with zero attached hydrogens (tertiary/aromatic N) is 2. The zero-order valence-corrected chi connectivity index (χ0v) is 12.0.